The molecule has 0 aliphatic carbocycles. The number of rotatable bonds is 3. The van der Waals surface area contributed by atoms with Crippen molar-refractivity contribution < 1.29 is 14.3 Å². The summed E-state index contributed by atoms with van der Waals surface area (Å²) in [6.07, 6.45) is 0.915. The van der Waals surface area contributed by atoms with E-state index in [2.05, 4.69) is 17.4 Å². The van der Waals surface area contributed by atoms with E-state index in [0.29, 0.717) is 12.2 Å². The molecule has 0 saturated heterocycles. The highest BCUT2D eigenvalue weighted by atomic mass is 35.5. The summed E-state index contributed by atoms with van der Waals surface area (Å²) in [6, 6.07) is 16.0. The van der Waals surface area contributed by atoms with Gasteiger partial charge in [-0.25, -0.2) is 4.79 Å². The fourth-order valence-electron chi connectivity index (χ4n) is 2.61. The molecule has 5 heteroatoms. The Bertz CT molecular complexity index is 661. The summed E-state index contributed by atoms with van der Waals surface area (Å²) in [5.74, 6) is 0.412. The number of carbonyl (C=O) groups is 1. The quantitative estimate of drug-likeness (QED) is 0.877. The van der Waals surface area contributed by atoms with Gasteiger partial charge in [-0.05, 0) is 24.1 Å². The van der Waals surface area contributed by atoms with Gasteiger partial charge in [0, 0.05) is 18.2 Å². The maximum absolute atomic E-state index is 11.6. The van der Waals surface area contributed by atoms with Crippen LogP contribution in [0.2, 0.25) is 0 Å². The average Bonchev–Trinajstić information content (AvgIpc) is 2.77. The molecule has 0 saturated carbocycles. The SMILES string of the molecule is COC(=O)c1ccc2c(c1)OC[C@H](Cc1ccccc1)NC2.Cl. The molecule has 0 fully saturated rings. The van der Waals surface area contributed by atoms with Crippen LogP contribution in [0.1, 0.15) is 21.5 Å². The van der Waals surface area contributed by atoms with E-state index in [9.17, 15) is 4.79 Å². The topological polar surface area (TPSA) is 47.6 Å². The molecule has 23 heavy (non-hydrogen) atoms. The number of halogens is 1. The third-order valence-corrected chi connectivity index (χ3v) is 3.83. The van der Waals surface area contributed by atoms with Crippen LogP contribution < -0.4 is 10.1 Å². The zero-order valence-corrected chi connectivity index (χ0v) is 13.8. The molecular formula is C18H20ClNO3. The minimum Gasteiger partial charge on any atom is -0.492 e. The standard InChI is InChI=1S/C18H19NO3.ClH/c1-21-18(20)14-7-8-15-11-19-16(12-22-17(15)10-14)9-13-5-3-2-4-6-13;/h2-8,10,16,19H,9,11-12H2,1H3;1H/t16-;/m0./s1. The summed E-state index contributed by atoms with van der Waals surface area (Å²) in [5.41, 5.74) is 2.86. The normalized spacial score (nSPS) is 16.3. The molecule has 2 aromatic rings. The van der Waals surface area contributed by atoms with Crippen LogP contribution in [0.25, 0.3) is 0 Å². The van der Waals surface area contributed by atoms with Crippen LogP contribution >= 0.6 is 12.4 Å². The minimum absolute atomic E-state index is 0. The number of methoxy groups -OCH3 is 1. The number of fused-ring (bicyclic) bond motifs is 1. The maximum atomic E-state index is 11.6. The third-order valence-electron chi connectivity index (χ3n) is 3.83. The fraction of sp³-hybridized carbons (Fsp3) is 0.278. The van der Waals surface area contributed by atoms with E-state index < -0.39 is 0 Å². The Labute approximate surface area is 142 Å². The monoisotopic (exact) mass is 333 g/mol. The molecule has 1 N–H and O–H groups in total. The van der Waals surface area contributed by atoms with Crippen molar-refractivity contribution in [2.45, 2.75) is 19.0 Å². The molecule has 1 aliphatic rings. The Morgan fingerprint density at radius 3 is 2.78 bits per heavy atom. The number of esters is 1. The Hall–Kier alpha value is -2.04. The first-order valence-corrected chi connectivity index (χ1v) is 7.37. The molecule has 2 aromatic carbocycles. The van der Waals surface area contributed by atoms with Gasteiger partial charge in [-0.3, -0.25) is 0 Å². The van der Waals surface area contributed by atoms with E-state index in [4.69, 9.17) is 9.47 Å². The second-order valence-corrected chi connectivity index (χ2v) is 5.39. The largest absolute Gasteiger partial charge is 0.492 e. The van der Waals surface area contributed by atoms with Crippen LogP contribution in [-0.2, 0) is 17.7 Å². The number of carbonyl (C=O) groups excluding carboxylic acids is 1. The maximum Gasteiger partial charge on any atom is 0.337 e. The van der Waals surface area contributed by atoms with E-state index in [-0.39, 0.29) is 24.4 Å². The zero-order chi connectivity index (χ0) is 15.4. The first-order valence-electron chi connectivity index (χ1n) is 7.37. The van der Waals surface area contributed by atoms with Gasteiger partial charge in [0.2, 0.25) is 0 Å². The molecule has 0 amide bonds. The molecule has 0 unspecified atom stereocenters. The average molecular weight is 334 g/mol. The van der Waals surface area contributed by atoms with Crippen molar-refractivity contribution >= 4 is 18.4 Å². The predicted molar refractivity (Wildman–Crippen MR) is 91.3 cm³/mol. The molecule has 0 aromatic heterocycles. The van der Waals surface area contributed by atoms with Crippen LogP contribution in [-0.4, -0.2) is 25.7 Å². The smallest absolute Gasteiger partial charge is 0.337 e. The third kappa shape index (κ3) is 4.24. The highest BCUT2D eigenvalue weighted by Crippen LogP contribution is 2.24. The molecular weight excluding hydrogens is 314 g/mol. The van der Waals surface area contributed by atoms with Crippen LogP contribution in [0, 0.1) is 0 Å². The van der Waals surface area contributed by atoms with Crippen molar-refractivity contribution in [2.75, 3.05) is 13.7 Å². The lowest BCUT2D eigenvalue weighted by atomic mass is 10.1. The first kappa shape index (κ1) is 17.3. The lowest BCUT2D eigenvalue weighted by Gasteiger charge is -2.15. The number of hydrogen-bond acceptors (Lipinski definition) is 4. The highest BCUT2D eigenvalue weighted by molar-refractivity contribution is 5.89. The van der Waals surface area contributed by atoms with E-state index in [1.165, 1.54) is 12.7 Å². The highest BCUT2D eigenvalue weighted by Gasteiger charge is 2.18. The van der Waals surface area contributed by atoms with Crippen molar-refractivity contribution in [3.63, 3.8) is 0 Å². The van der Waals surface area contributed by atoms with Gasteiger partial charge in [-0.15, -0.1) is 12.4 Å². The number of hydrogen-bond donors (Lipinski definition) is 1. The Kier molecular flexibility index (Phi) is 6.02. The number of nitrogens with one attached hydrogen (secondary N) is 1. The summed E-state index contributed by atoms with van der Waals surface area (Å²) in [6.45, 7) is 1.31. The fourth-order valence-corrected chi connectivity index (χ4v) is 2.61. The zero-order valence-electron chi connectivity index (χ0n) is 13.0. The minimum atomic E-state index is -0.343. The molecule has 3 rings (SSSR count). The van der Waals surface area contributed by atoms with Gasteiger partial charge < -0.3 is 14.8 Å². The first-order chi connectivity index (χ1) is 10.8. The predicted octanol–water partition coefficient (Wildman–Crippen LogP) is 2.99. The molecule has 4 nitrogen and oxygen atoms in total. The van der Waals surface area contributed by atoms with Gasteiger partial charge in [0.25, 0.3) is 0 Å². The summed E-state index contributed by atoms with van der Waals surface area (Å²) >= 11 is 0. The Balaban J connectivity index is 0.00000192. The van der Waals surface area contributed by atoms with E-state index in [0.717, 1.165) is 24.3 Å². The van der Waals surface area contributed by atoms with Gasteiger partial charge in [-0.1, -0.05) is 36.4 Å². The van der Waals surface area contributed by atoms with Crippen LogP contribution in [0.15, 0.2) is 48.5 Å². The van der Waals surface area contributed by atoms with Crippen LogP contribution in [0.4, 0.5) is 0 Å². The molecule has 1 aliphatic heterocycles. The summed E-state index contributed by atoms with van der Waals surface area (Å²) < 4.78 is 10.6. The lowest BCUT2D eigenvalue weighted by Crippen LogP contribution is -2.34. The molecule has 0 radical (unpaired) electrons. The van der Waals surface area contributed by atoms with E-state index >= 15 is 0 Å². The van der Waals surface area contributed by atoms with E-state index in [1.807, 2.05) is 24.3 Å². The van der Waals surface area contributed by atoms with Crippen molar-refractivity contribution in [3.8, 4) is 5.75 Å². The Morgan fingerprint density at radius 2 is 2.04 bits per heavy atom. The van der Waals surface area contributed by atoms with Gasteiger partial charge in [0.1, 0.15) is 12.4 Å². The molecule has 0 spiro atoms. The van der Waals surface area contributed by atoms with Gasteiger partial charge in [0.05, 0.1) is 12.7 Å². The molecule has 1 atom stereocenters. The second-order valence-electron chi connectivity index (χ2n) is 5.39. The van der Waals surface area contributed by atoms with Gasteiger partial charge in [-0.2, -0.15) is 0 Å². The Morgan fingerprint density at radius 1 is 1.26 bits per heavy atom. The lowest BCUT2D eigenvalue weighted by molar-refractivity contribution is 0.0600. The van der Waals surface area contributed by atoms with Crippen molar-refractivity contribution in [3.05, 3.63) is 65.2 Å². The number of benzene rings is 2. The molecule has 0 bridgehead atoms. The summed E-state index contributed by atoms with van der Waals surface area (Å²) in [5, 5.41) is 3.51. The van der Waals surface area contributed by atoms with Crippen molar-refractivity contribution in [1.29, 1.82) is 0 Å². The van der Waals surface area contributed by atoms with E-state index in [1.54, 1.807) is 12.1 Å². The van der Waals surface area contributed by atoms with Crippen molar-refractivity contribution in [1.82, 2.24) is 5.32 Å². The van der Waals surface area contributed by atoms with Crippen LogP contribution in [0.5, 0.6) is 5.75 Å². The second kappa shape index (κ2) is 7.99. The van der Waals surface area contributed by atoms with Gasteiger partial charge in [0.15, 0.2) is 0 Å². The van der Waals surface area contributed by atoms with Gasteiger partial charge >= 0.3 is 5.97 Å². The summed E-state index contributed by atoms with van der Waals surface area (Å²) in [4.78, 5) is 11.6. The molecule has 1 heterocycles. The van der Waals surface area contributed by atoms with Crippen LogP contribution in [0.3, 0.4) is 0 Å². The molecule has 122 valence electrons. The summed E-state index contributed by atoms with van der Waals surface area (Å²) in [7, 11) is 1.38. The van der Waals surface area contributed by atoms with Crippen molar-refractivity contribution in [2.24, 2.45) is 0 Å². The number of ether oxygens (including phenoxy) is 2.